The molecule has 12 heavy (non-hydrogen) atoms. The molecule has 1 heterocycles. The molecule has 0 unspecified atom stereocenters. The van der Waals surface area contributed by atoms with Gasteiger partial charge < -0.3 is 5.32 Å². The first-order valence-electron chi connectivity index (χ1n) is 3.79. The van der Waals surface area contributed by atoms with Crippen LogP contribution in [0.2, 0.25) is 0 Å². The Balaban J connectivity index is 2.60. The standard InChI is InChI=1S/C9H8BrNO/c1-5-7-3-2-6(10)4-8(7)9(12)11-5/h2-5H,1H3,(H,11,12)/t5-/m0/s1. The topological polar surface area (TPSA) is 29.1 Å². The molecule has 2 nitrogen and oxygen atoms in total. The van der Waals surface area contributed by atoms with E-state index in [9.17, 15) is 4.79 Å². The van der Waals surface area contributed by atoms with Gasteiger partial charge in [-0.3, -0.25) is 4.79 Å². The van der Waals surface area contributed by atoms with Crippen LogP contribution in [0.15, 0.2) is 22.7 Å². The summed E-state index contributed by atoms with van der Waals surface area (Å²) < 4.78 is 0.950. The van der Waals surface area contributed by atoms with Gasteiger partial charge in [0.2, 0.25) is 0 Å². The van der Waals surface area contributed by atoms with Crippen LogP contribution in [-0.4, -0.2) is 5.91 Å². The minimum atomic E-state index is 0.0267. The molecule has 62 valence electrons. The van der Waals surface area contributed by atoms with Crippen molar-refractivity contribution in [1.29, 1.82) is 0 Å². The molecule has 0 aliphatic carbocycles. The van der Waals surface area contributed by atoms with Crippen molar-refractivity contribution in [3.05, 3.63) is 33.8 Å². The minimum absolute atomic E-state index is 0.0267. The van der Waals surface area contributed by atoms with Crippen molar-refractivity contribution in [3.8, 4) is 0 Å². The number of rotatable bonds is 0. The van der Waals surface area contributed by atoms with E-state index in [0.717, 1.165) is 15.6 Å². The average Bonchev–Trinajstić information content (AvgIpc) is 2.28. The van der Waals surface area contributed by atoms with Gasteiger partial charge >= 0.3 is 0 Å². The van der Waals surface area contributed by atoms with E-state index >= 15 is 0 Å². The van der Waals surface area contributed by atoms with Crippen molar-refractivity contribution in [1.82, 2.24) is 5.32 Å². The van der Waals surface area contributed by atoms with Gasteiger partial charge in [-0.1, -0.05) is 22.0 Å². The Hall–Kier alpha value is -0.830. The molecule has 0 aromatic heterocycles. The summed E-state index contributed by atoms with van der Waals surface area (Å²) in [6.07, 6.45) is 0. The summed E-state index contributed by atoms with van der Waals surface area (Å²) in [4.78, 5) is 11.3. The zero-order valence-electron chi connectivity index (χ0n) is 6.60. The van der Waals surface area contributed by atoms with Crippen molar-refractivity contribution in [2.24, 2.45) is 0 Å². The fourth-order valence-corrected chi connectivity index (χ4v) is 1.82. The van der Waals surface area contributed by atoms with Crippen molar-refractivity contribution in [2.75, 3.05) is 0 Å². The molecule has 0 saturated carbocycles. The lowest BCUT2D eigenvalue weighted by Gasteiger charge is -2.01. The van der Waals surface area contributed by atoms with E-state index in [0.29, 0.717) is 0 Å². The van der Waals surface area contributed by atoms with Crippen LogP contribution in [0.3, 0.4) is 0 Å². The molecule has 0 saturated heterocycles. The second-order valence-corrected chi connectivity index (χ2v) is 3.84. The number of carbonyl (C=O) groups is 1. The van der Waals surface area contributed by atoms with Gasteiger partial charge in [0, 0.05) is 10.0 Å². The Bertz CT molecular complexity index is 348. The van der Waals surface area contributed by atoms with E-state index in [1.807, 2.05) is 25.1 Å². The molecule has 1 atom stereocenters. The minimum Gasteiger partial charge on any atom is -0.345 e. The van der Waals surface area contributed by atoms with E-state index in [1.54, 1.807) is 0 Å². The third-order valence-electron chi connectivity index (χ3n) is 2.07. The van der Waals surface area contributed by atoms with Crippen molar-refractivity contribution < 1.29 is 4.79 Å². The summed E-state index contributed by atoms with van der Waals surface area (Å²) in [5.74, 6) is 0.0267. The molecule has 0 radical (unpaired) electrons. The molecular weight excluding hydrogens is 218 g/mol. The molecule has 1 amide bonds. The fourth-order valence-electron chi connectivity index (χ4n) is 1.45. The number of carbonyl (C=O) groups excluding carboxylic acids is 1. The zero-order chi connectivity index (χ0) is 8.72. The fraction of sp³-hybridized carbons (Fsp3) is 0.222. The van der Waals surface area contributed by atoms with Gasteiger partial charge in [0.25, 0.3) is 5.91 Å². The highest BCUT2D eigenvalue weighted by molar-refractivity contribution is 9.10. The van der Waals surface area contributed by atoms with Crippen LogP contribution < -0.4 is 5.32 Å². The first-order chi connectivity index (χ1) is 5.68. The van der Waals surface area contributed by atoms with Gasteiger partial charge in [-0.15, -0.1) is 0 Å². The van der Waals surface area contributed by atoms with Crippen LogP contribution in [0, 0.1) is 0 Å². The molecule has 2 rings (SSSR count). The van der Waals surface area contributed by atoms with Gasteiger partial charge in [0.05, 0.1) is 6.04 Å². The molecule has 0 fully saturated rings. The lowest BCUT2D eigenvalue weighted by atomic mass is 10.1. The number of halogens is 1. The Morgan fingerprint density at radius 3 is 3.00 bits per heavy atom. The summed E-state index contributed by atoms with van der Waals surface area (Å²) >= 11 is 3.33. The lowest BCUT2D eigenvalue weighted by Crippen LogP contribution is -2.16. The first-order valence-corrected chi connectivity index (χ1v) is 4.58. The third-order valence-corrected chi connectivity index (χ3v) is 2.57. The summed E-state index contributed by atoms with van der Waals surface area (Å²) in [6.45, 7) is 1.98. The maximum absolute atomic E-state index is 11.3. The Kier molecular flexibility index (Phi) is 1.68. The zero-order valence-corrected chi connectivity index (χ0v) is 8.18. The third kappa shape index (κ3) is 1.05. The quantitative estimate of drug-likeness (QED) is 0.722. The van der Waals surface area contributed by atoms with Crippen LogP contribution in [0.25, 0.3) is 0 Å². The lowest BCUT2D eigenvalue weighted by molar-refractivity contribution is 0.0958. The maximum atomic E-state index is 11.3. The average molecular weight is 226 g/mol. The second kappa shape index (κ2) is 2.59. The first kappa shape index (κ1) is 7.80. The van der Waals surface area contributed by atoms with Gasteiger partial charge in [0.1, 0.15) is 0 Å². The number of benzene rings is 1. The summed E-state index contributed by atoms with van der Waals surface area (Å²) in [5, 5.41) is 2.85. The van der Waals surface area contributed by atoms with E-state index < -0.39 is 0 Å². The molecule has 1 aliphatic heterocycles. The van der Waals surface area contributed by atoms with Crippen molar-refractivity contribution in [3.63, 3.8) is 0 Å². The van der Waals surface area contributed by atoms with Gasteiger partial charge in [-0.2, -0.15) is 0 Å². The number of hydrogen-bond donors (Lipinski definition) is 1. The molecule has 1 aromatic rings. The maximum Gasteiger partial charge on any atom is 0.252 e. The van der Waals surface area contributed by atoms with Crippen LogP contribution >= 0.6 is 15.9 Å². The molecule has 1 N–H and O–H groups in total. The van der Waals surface area contributed by atoms with Crippen LogP contribution in [-0.2, 0) is 0 Å². The number of fused-ring (bicyclic) bond motifs is 1. The largest absolute Gasteiger partial charge is 0.345 e. The second-order valence-electron chi connectivity index (χ2n) is 2.93. The number of hydrogen-bond acceptors (Lipinski definition) is 1. The van der Waals surface area contributed by atoms with Crippen LogP contribution in [0.1, 0.15) is 28.9 Å². The normalized spacial score (nSPS) is 20.5. The van der Waals surface area contributed by atoms with E-state index in [2.05, 4.69) is 21.2 Å². The van der Waals surface area contributed by atoms with Gasteiger partial charge in [0.15, 0.2) is 0 Å². The highest BCUT2D eigenvalue weighted by Gasteiger charge is 2.24. The number of amides is 1. The molecule has 0 spiro atoms. The molecule has 1 aromatic carbocycles. The summed E-state index contributed by atoms with van der Waals surface area (Å²) in [6, 6.07) is 5.94. The molecule has 0 bridgehead atoms. The Labute approximate surface area is 79.1 Å². The summed E-state index contributed by atoms with van der Waals surface area (Å²) in [5.41, 5.74) is 1.88. The Morgan fingerprint density at radius 2 is 2.25 bits per heavy atom. The van der Waals surface area contributed by atoms with Gasteiger partial charge in [-0.05, 0) is 24.6 Å². The Morgan fingerprint density at radius 1 is 1.50 bits per heavy atom. The van der Waals surface area contributed by atoms with Crippen molar-refractivity contribution >= 4 is 21.8 Å². The predicted octanol–water partition coefficient (Wildman–Crippen LogP) is 2.25. The van der Waals surface area contributed by atoms with Crippen molar-refractivity contribution in [2.45, 2.75) is 13.0 Å². The molecular formula is C9H8BrNO. The highest BCUT2D eigenvalue weighted by Crippen LogP contribution is 2.27. The van der Waals surface area contributed by atoms with E-state index in [-0.39, 0.29) is 11.9 Å². The van der Waals surface area contributed by atoms with E-state index in [1.165, 1.54) is 0 Å². The molecule has 3 heteroatoms. The SMILES string of the molecule is C[C@@H]1NC(=O)c2cc(Br)ccc21. The summed E-state index contributed by atoms with van der Waals surface area (Å²) in [7, 11) is 0. The van der Waals surface area contributed by atoms with E-state index in [4.69, 9.17) is 0 Å². The van der Waals surface area contributed by atoms with Crippen LogP contribution in [0.4, 0.5) is 0 Å². The number of nitrogens with one attached hydrogen (secondary N) is 1. The monoisotopic (exact) mass is 225 g/mol. The highest BCUT2D eigenvalue weighted by atomic mass is 79.9. The van der Waals surface area contributed by atoms with Crippen LogP contribution in [0.5, 0.6) is 0 Å². The predicted molar refractivity (Wildman–Crippen MR) is 50.0 cm³/mol. The van der Waals surface area contributed by atoms with Gasteiger partial charge in [-0.25, -0.2) is 0 Å². The molecule has 1 aliphatic rings. The smallest absolute Gasteiger partial charge is 0.252 e.